The number of nitrogens with zero attached hydrogens (tertiary/aromatic N) is 2. The van der Waals surface area contributed by atoms with Crippen LogP contribution in [0.3, 0.4) is 0 Å². The Kier molecular flexibility index (Phi) is 3.46. The summed E-state index contributed by atoms with van der Waals surface area (Å²) < 4.78 is 0. The molecule has 1 fully saturated rings. The minimum Gasteiger partial charge on any atom is -0.481 e. The summed E-state index contributed by atoms with van der Waals surface area (Å²) in [5, 5.41) is 23.0. The minimum atomic E-state index is -0.855. The highest BCUT2D eigenvalue weighted by Gasteiger charge is 2.50. The van der Waals surface area contributed by atoms with Gasteiger partial charge in [0.1, 0.15) is 5.01 Å². The molecule has 1 aliphatic carbocycles. The Morgan fingerprint density at radius 2 is 2.17 bits per heavy atom. The molecule has 0 saturated heterocycles. The van der Waals surface area contributed by atoms with E-state index in [-0.39, 0.29) is 6.54 Å². The number of nitrogens with one attached hydrogen (secondary N) is 2. The van der Waals surface area contributed by atoms with Crippen LogP contribution in [0, 0.1) is 5.41 Å². The summed E-state index contributed by atoms with van der Waals surface area (Å²) in [5.41, 5.74) is -0.757. The molecule has 0 aromatic carbocycles. The lowest BCUT2D eigenvalue weighted by Crippen LogP contribution is -2.36. The molecular formula is C10H14N4O3S. The first kappa shape index (κ1) is 12.7. The third-order valence-electron chi connectivity index (χ3n) is 2.88. The van der Waals surface area contributed by atoms with E-state index in [1.54, 1.807) is 0 Å². The fraction of sp³-hybridized carbons (Fsp3) is 0.600. The maximum atomic E-state index is 11.5. The first-order valence-electron chi connectivity index (χ1n) is 5.66. The maximum Gasteiger partial charge on any atom is 0.321 e. The number of carbonyl (C=O) groups is 2. The molecule has 2 amide bonds. The van der Waals surface area contributed by atoms with E-state index in [0.717, 1.165) is 11.4 Å². The number of amides is 2. The monoisotopic (exact) mass is 270 g/mol. The van der Waals surface area contributed by atoms with Crippen molar-refractivity contribution >= 4 is 28.5 Å². The highest BCUT2D eigenvalue weighted by molar-refractivity contribution is 7.15. The number of carboxylic acid groups (broad SMARTS) is 1. The number of aryl methyl sites for hydroxylation is 1. The molecule has 8 heteroatoms. The summed E-state index contributed by atoms with van der Waals surface area (Å²) in [7, 11) is 0. The molecule has 0 bridgehead atoms. The lowest BCUT2D eigenvalue weighted by Gasteiger charge is -2.10. The molecule has 7 nitrogen and oxygen atoms in total. The highest BCUT2D eigenvalue weighted by Crippen LogP contribution is 2.45. The molecule has 0 atom stereocenters. The van der Waals surface area contributed by atoms with Crippen LogP contribution in [0.4, 0.5) is 9.93 Å². The number of hydrogen-bond acceptors (Lipinski definition) is 5. The van der Waals surface area contributed by atoms with Crippen LogP contribution in [-0.2, 0) is 11.2 Å². The normalized spacial score (nSPS) is 16.1. The van der Waals surface area contributed by atoms with Crippen LogP contribution in [0.15, 0.2) is 0 Å². The second-order valence-corrected chi connectivity index (χ2v) is 5.31. The molecular weight excluding hydrogens is 256 g/mol. The van der Waals surface area contributed by atoms with Gasteiger partial charge in [0.2, 0.25) is 5.13 Å². The minimum absolute atomic E-state index is 0.146. The van der Waals surface area contributed by atoms with Crippen molar-refractivity contribution in [2.75, 3.05) is 11.9 Å². The van der Waals surface area contributed by atoms with Crippen molar-refractivity contribution in [2.45, 2.75) is 26.2 Å². The summed E-state index contributed by atoms with van der Waals surface area (Å²) in [4.78, 5) is 22.4. The Bertz CT molecular complexity index is 469. The molecule has 2 rings (SSSR count). The summed E-state index contributed by atoms with van der Waals surface area (Å²) in [6.45, 7) is 2.10. The summed E-state index contributed by atoms with van der Waals surface area (Å²) >= 11 is 1.31. The first-order chi connectivity index (χ1) is 8.55. The van der Waals surface area contributed by atoms with Crippen molar-refractivity contribution in [3.05, 3.63) is 5.01 Å². The van der Waals surface area contributed by atoms with E-state index in [9.17, 15) is 9.59 Å². The average molecular weight is 270 g/mol. The highest BCUT2D eigenvalue weighted by atomic mass is 32.1. The van der Waals surface area contributed by atoms with Gasteiger partial charge in [-0.2, -0.15) is 0 Å². The quantitative estimate of drug-likeness (QED) is 0.742. The van der Waals surface area contributed by atoms with Crippen LogP contribution >= 0.6 is 11.3 Å². The number of carbonyl (C=O) groups excluding carboxylic acids is 1. The zero-order valence-corrected chi connectivity index (χ0v) is 10.7. The molecule has 0 unspecified atom stereocenters. The zero-order chi connectivity index (χ0) is 13.2. The van der Waals surface area contributed by atoms with E-state index < -0.39 is 17.4 Å². The first-order valence-corrected chi connectivity index (χ1v) is 6.48. The van der Waals surface area contributed by atoms with Crippen LogP contribution < -0.4 is 10.6 Å². The predicted octanol–water partition coefficient (Wildman–Crippen LogP) is 1.09. The Labute approximate surface area is 108 Å². The van der Waals surface area contributed by atoms with Gasteiger partial charge in [0.15, 0.2) is 0 Å². The molecule has 0 spiro atoms. The Morgan fingerprint density at radius 1 is 1.44 bits per heavy atom. The SMILES string of the molecule is CCc1nnc(NC(=O)NCC2(C(=O)O)CC2)s1. The largest absolute Gasteiger partial charge is 0.481 e. The van der Waals surface area contributed by atoms with Crippen molar-refractivity contribution in [3.63, 3.8) is 0 Å². The van der Waals surface area contributed by atoms with Gasteiger partial charge < -0.3 is 10.4 Å². The van der Waals surface area contributed by atoms with Gasteiger partial charge in [-0.25, -0.2) is 4.79 Å². The van der Waals surface area contributed by atoms with Gasteiger partial charge in [-0.15, -0.1) is 10.2 Å². The average Bonchev–Trinajstić information content (AvgIpc) is 3.01. The standard InChI is InChI=1S/C10H14N4O3S/c1-2-6-13-14-9(18-6)12-8(17)11-5-10(3-4-10)7(15)16/h2-5H2,1H3,(H,15,16)(H2,11,12,14,17). The van der Waals surface area contributed by atoms with Gasteiger partial charge in [0.25, 0.3) is 0 Å². The Morgan fingerprint density at radius 3 is 2.67 bits per heavy atom. The van der Waals surface area contributed by atoms with Gasteiger partial charge in [0, 0.05) is 6.54 Å². The van der Waals surface area contributed by atoms with Gasteiger partial charge in [-0.3, -0.25) is 10.1 Å². The number of anilines is 1. The number of urea groups is 1. The van der Waals surface area contributed by atoms with E-state index in [1.165, 1.54) is 11.3 Å². The molecule has 0 radical (unpaired) electrons. The second-order valence-electron chi connectivity index (χ2n) is 4.25. The van der Waals surface area contributed by atoms with E-state index in [1.807, 2.05) is 6.92 Å². The van der Waals surface area contributed by atoms with E-state index in [2.05, 4.69) is 20.8 Å². The van der Waals surface area contributed by atoms with Crippen LogP contribution in [-0.4, -0.2) is 33.8 Å². The van der Waals surface area contributed by atoms with Crippen molar-refractivity contribution in [2.24, 2.45) is 5.41 Å². The van der Waals surface area contributed by atoms with Crippen LogP contribution in [0.2, 0.25) is 0 Å². The van der Waals surface area contributed by atoms with Crippen molar-refractivity contribution in [3.8, 4) is 0 Å². The van der Waals surface area contributed by atoms with Gasteiger partial charge in [-0.05, 0) is 19.3 Å². The number of hydrogen-bond donors (Lipinski definition) is 3. The van der Waals surface area contributed by atoms with Crippen LogP contribution in [0.25, 0.3) is 0 Å². The lowest BCUT2D eigenvalue weighted by atomic mass is 10.1. The molecule has 1 aromatic rings. The molecule has 0 aliphatic heterocycles. The van der Waals surface area contributed by atoms with Crippen molar-refractivity contribution in [1.82, 2.24) is 15.5 Å². The van der Waals surface area contributed by atoms with E-state index in [4.69, 9.17) is 5.11 Å². The number of carboxylic acids is 1. The number of aliphatic carboxylic acids is 1. The topological polar surface area (TPSA) is 104 Å². The fourth-order valence-electron chi connectivity index (χ4n) is 1.45. The molecule has 3 N–H and O–H groups in total. The zero-order valence-electron chi connectivity index (χ0n) is 9.89. The number of aromatic nitrogens is 2. The summed E-state index contributed by atoms with van der Waals surface area (Å²) in [6, 6.07) is -0.443. The van der Waals surface area contributed by atoms with Gasteiger partial charge in [-0.1, -0.05) is 18.3 Å². The maximum absolute atomic E-state index is 11.5. The molecule has 98 valence electrons. The van der Waals surface area contributed by atoms with Crippen molar-refractivity contribution in [1.29, 1.82) is 0 Å². The molecule has 1 aliphatic rings. The Balaban J connectivity index is 1.80. The fourth-order valence-corrected chi connectivity index (χ4v) is 2.13. The molecule has 1 heterocycles. The summed E-state index contributed by atoms with van der Waals surface area (Å²) in [6.07, 6.45) is 1.99. The smallest absolute Gasteiger partial charge is 0.321 e. The van der Waals surface area contributed by atoms with E-state index >= 15 is 0 Å². The lowest BCUT2D eigenvalue weighted by molar-refractivity contribution is -0.143. The third kappa shape index (κ3) is 2.76. The van der Waals surface area contributed by atoms with Crippen LogP contribution in [0.1, 0.15) is 24.8 Å². The van der Waals surface area contributed by atoms with Gasteiger partial charge >= 0.3 is 12.0 Å². The molecule has 18 heavy (non-hydrogen) atoms. The summed E-state index contributed by atoms with van der Waals surface area (Å²) in [5.74, 6) is -0.855. The van der Waals surface area contributed by atoms with E-state index in [0.29, 0.717) is 18.0 Å². The third-order valence-corrected chi connectivity index (χ3v) is 3.87. The van der Waals surface area contributed by atoms with Crippen molar-refractivity contribution < 1.29 is 14.7 Å². The molecule has 1 saturated carbocycles. The second kappa shape index (κ2) is 4.89. The molecule has 1 aromatic heterocycles. The predicted molar refractivity (Wildman–Crippen MR) is 65.6 cm³/mol. The Hall–Kier alpha value is -1.70. The van der Waals surface area contributed by atoms with Crippen LogP contribution in [0.5, 0.6) is 0 Å². The number of rotatable bonds is 5. The van der Waals surface area contributed by atoms with Gasteiger partial charge in [0.05, 0.1) is 5.41 Å².